The summed E-state index contributed by atoms with van der Waals surface area (Å²) in [5.74, 6) is 1.25. The van der Waals surface area contributed by atoms with E-state index in [0.29, 0.717) is 19.1 Å². The smallest absolute Gasteiger partial charge is 0.191 e. The van der Waals surface area contributed by atoms with Crippen molar-refractivity contribution in [1.29, 1.82) is 0 Å². The van der Waals surface area contributed by atoms with Gasteiger partial charge in [0, 0.05) is 46.4 Å². The fraction of sp³-hybridized carbons (Fsp3) is 0.667. The highest BCUT2D eigenvalue weighted by Crippen LogP contribution is 2.03. The molecule has 1 aromatic rings. The highest BCUT2D eigenvalue weighted by molar-refractivity contribution is 5.79. The molecule has 0 amide bonds. The van der Waals surface area contributed by atoms with Crippen LogP contribution in [0.15, 0.2) is 35.3 Å². The first-order valence-electron chi connectivity index (χ1n) is 9.97. The monoisotopic (exact) mass is 378 g/mol. The van der Waals surface area contributed by atoms with E-state index in [4.69, 9.17) is 9.47 Å². The zero-order chi connectivity index (χ0) is 19.7. The van der Waals surface area contributed by atoms with Crippen molar-refractivity contribution in [3.8, 4) is 0 Å². The number of nitrogens with zero attached hydrogens (tertiary/aromatic N) is 2. The molecule has 0 radical (unpaired) electrons. The van der Waals surface area contributed by atoms with Gasteiger partial charge in [-0.2, -0.15) is 0 Å². The summed E-state index contributed by atoms with van der Waals surface area (Å²) in [7, 11) is 3.88. The summed E-state index contributed by atoms with van der Waals surface area (Å²) in [6.07, 6.45) is 1.06. The van der Waals surface area contributed by atoms with Crippen molar-refractivity contribution >= 4 is 5.96 Å². The molecule has 6 nitrogen and oxygen atoms in total. The van der Waals surface area contributed by atoms with E-state index in [0.717, 1.165) is 51.7 Å². The molecule has 1 rings (SSSR count). The van der Waals surface area contributed by atoms with Crippen molar-refractivity contribution < 1.29 is 9.47 Å². The SMILES string of the molecule is CCNC(=NCC(C)COCc1ccccc1)NCCN(C)CCCOC. The van der Waals surface area contributed by atoms with Gasteiger partial charge in [0.25, 0.3) is 0 Å². The lowest BCUT2D eigenvalue weighted by atomic mass is 10.2. The average Bonchev–Trinajstić information content (AvgIpc) is 2.67. The van der Waals surface area contributed by atoms with E-state index in [-0.39, 0.29) is 0 Å². The van der Waals surface area contributed by atoms with Crippen LogP contribution in [0.4, 0.5) is 0 Å². The van der Waals surface area contributed by atoms with E-state index in [2.05, 4.69) is 53.6 Å². The number of rotatable bonds is 14. The Labute approximate surface area is 165 Å². The number of hydrogen-bond acceptors (Lipinski definition) is 4. The molecule has 0 aromatic heterocycles. The number of ether oxygens (including phenoxy) is 2. The summed E-state index contributed by atoms with van der Waals surface area (Å²) in [4.78, 5) is 6.99. The predicted octanol–water partition coefficient (Wildman–Crippen LogP) is 2.36. The number of benzene rings is 1. The molecule has 6 heteroatoms. The third-order valence-electron chi connectivity index (χ3n) is 4.09. The molecule has 0 saturated heterocycles. The van der Waals surface area contributed by atoms with E-state index in [9.17, 15) is 0 Å². The van der Waals surface area contributed by atoms with Gasteiger partial charge in [0.05, 0.1) is 13.2 Å². The standard InChI is InChI=1S/C21H38N4O2/c1-5-22-21(23-12-14-25(3)13-9-15-26-4)24-16-19(2)17-27-18-20-10-7-6-8-11-20/h6-8,10-11,19H,5,9,12-18H2,1-4H3,(H2,22,23,24). The van der Waals surface area contributed by atoms with Crippen molar-refractivity contribution in [1.82, 2.24) is 15.5 Å². The largest absolute Gasteiger partial charge is 0.385 e. The molecule has 27 heavy (non-hydrogen) atoms. The summed E-state index contributed by atoms with van der Waals surface area (Å²) < 4.78 is 10.9. The van der Waals surface area contributed by atoms with Crippen LogP contribution in [0.25, 0.3) is 0 Å². The normalized spacial score (nSPS) is 13.0. The maximum absolute atomic E-state index is 5.81. The van der Waals surface area contributed by atoms with E-state index in [1.165, 1.54) is 5.56 Å². The first-order chi connectivity index (χ1) is 13.2. The number of guanidine groups is 1. The summed E-state index contributed by atoms with van der Waals surface area (Å²) in [5.41, 5.74) is 1.21. The molecule has 0 heterocycles. The van der Waals surface area contributed by atoms with E-state index >= 15 is 0 Å². The number of methoxy groups -OCH3 is 1. The number of likely N-dealkylation sites (N-methyl/N-ethyl adjacent to an activating group) is 1. The quantitative estimate of drug-likeness (QED) is 0.296. The summed E-state index contributed by atoms with van der Waals surface area (Å²) in [6, 6.07) is 10.3. The van der Waals surface area contributed by atoms with Crippen LogP contribution >= 0.6 is 0 Å². The summed E-state index contributed by atoms with van der Waals surface area (Å²) >= 11 is 0. The molecule has 0 spiro atoms. The molecule has 0 saturated carbocycles. The van der Waals surface area contributed by atoms with Crippen LogP contribution in [0.5, 0.6) is 0 Å². The minimum absolute atomic E-state index is 0.376. The van der Waals surface area contributed by atoms with Gasteiger partial charge < -0.3 is 25.0 Å². The summed E-state index contributed by atoms with van der Waals surface area (Å²) in [5, 5.41) is 6.71. The van der Waals surface area contributed by atoms with Gasteiger partial charge >= 0.3 is 0 Å². The number of hydrogen-bond donors (Lipinski definition) is 2. The van der Waals surface area contributed by atoms with Gasteiger partial charge in [0.2, 0.25) is 0 Å². The van der Waals surface area contributed by atoms with Crippen LogP contribution in [0.1, 0.15) is 25.8 Å². The van der Waals surface area contributed by atoms with Crippen LogP contribution in [0.2, 0.25) is 0 Å². The molecular weight excluding hydrogens is 340 g/mol. The fourth-order valence-corrected chi connectivity index (χ4v) is 2.55. The van der Waals surface area contributed by atoms with Crippen LogP contribution in [0.3, 0.4) is 0 Å². The minimum atomic E-state index is 0.376. The van der Waals surface area contributed by atoms with Crippen LogP contribution < -0.4 is 10.6 Å². The molecule has 0 aliphatic heterocycles. The molecule has 1 atom stereocenters. The van der Waals surface area contributed by atoms with Crippen molar-refractivity contribution in [2.45, 2.75) is 26.9 Å². The molecule has 0 fully saturated rings. The predicted molar refractivity (Wildman–Crippen MR) is 113 cm³/mol. The molecule has 154 valence electrons. The van der Waals surface area contributed by atoms with Gasteiger partial charge in [-0.15, -0.1) is 0 Å². The third-order valence-corrected chi connectivity index (χ3v) is 4.09. The van der Waals surface area contributed by atoms with Gasteiger partial charge in [-0.1, -0.05) is 37.3 Å². The Balaban J connectivity index is 2.24. The van der Waals surface area contributed by atoms with Crippen molar-refractivity contribution in [3.05, 3.63) is 35.9 Å². The lowest BCUT2D eigenvalue weighted by Crippen LogP contribution is -2.41. The zero-order valence-corrected chi connectivity index (χ0v) is 17.5. The third kappa shape index (κ3) is 12.4. The molecule has 0 aliphatic carbocycles. The average molecular weight is 379 g/mol. The van der Waals surface area contributed by atoms with E-state index in [1.807, 2.05) is 18.2 Å². The first-order valence-corrected chi connectivity index (χ1v) is 9.97. The Bertz CT molecular complexity index is 496. The summed E-state index contributed by atoms with van der Waals surface area (Å²) in [6.45, 7) is 10.9. The number of aliphatic imine (C=N–C) groups is 1. The molecule has 0 aliphatic rings. The van der Waals surface area contributed by atoms with Crippen molar-refractivity contribution in [2.75, 3.05) is 60.1 Å². The van der Waals surface area contributed by atoms with Gasteiger partial charge in [-0.25, -0.2) is 0 Å². The highest BCUT2D eigenvalue weighted by atomic mass is 16.5. The zero-order valence-electron chi connectivity index (χ0n) is 17.5. The second-order valence-corrected chi connectivity index (χ2v) is 6.90. The van der Waals surface area contributed by atoms with E-state index in [1.54, 1.807) is 7.11 Å². The van der Waals surface area contributed by atoms with Crippen LogP contribution in [0, 0.1) is 5.92 Å². The Kier molecular flexibility index (Phi) is 13.4. The molecule has 0 bridgehead atoms. The first kappa shape index (κ1) is 23.4. The van der Waals surface area contributed by atoms with Gasteiger partial charge in [-0.3, -0.25) is 4.99 Å². The van der Waals surface area contributed by atoms with Crippen LogP contribution in [-0.2, 0) is 16.1 Å². The Morgan fingerprint density at radius 1 is 1.19 bits per heavy atom. The Hall–Kier alpha value is -1.63. The van der Waals surface area contributed by atoms with Crippen molar-refractivity contribution in [2.24, 2.45) is 10.9 Å². The van der Waals surface area contributed by atoms with Gasteiger partial charge in [0.1, 0.15) is 0 Å². The topological polar surface area (TPSA) is 58.1 Å². The second-order valence-electron chi connectivity index (χ2n) is 6.90. The molecular formula is C21H38N4O2. The molecule has 1 aromatic carbocycles. The fourth-order valence-electron chi connectivity index (χ4n) is 2.55. The van der Waals surface area contributed by atoms with Crippen LogP contribution in [-0.4, -0.2) is 71.0 Å². The maximum Gasteiger partial charge on any atom is 0.191 e. The lowest BCUT2D eigenvalue weighted by molar-refractivity contribution is 0.0945. The molecule has 1 unspecified atom stereocenters. The molecule has 2 N–H and O–H groups in total. The second kappa shape index (κ2) is 15.4. The van der Waals surface area contributed by atoms with Crippen molar-refractivity contribution in [3.63, 3.8) is 0 Å². The Morgan fingerprint density at radius 3 is 2.67 bits per heavy atom. The van der Waals surface area contributed by atoms with Gasteiger partial charge in [-0.05, 0) is 31.9 Å². The Morgan fingerprint density at radius 2 is 1.96 bits per heavy atom. The van der Waals surface area contributed by atoms with E-state index < -0.39 is 0 Å². The van der Waals surface area contributed by atoms with Gasteiger partial charge in [0.15, 0.2) is 5.96 Å². The highest BCUT2D eigenvalue weighted by Gasteiger charge is 2.04. The maximum atomic E-state index is 5.81. The number of nitrogens with one attached hydrogen (secondary N) is 2. The minimum Gasteiger partial charge on any atom is -0.385 e. The lowest BCUT2D eigenvalue weighted by Gasteiger charge is -2.18.